The SMILES string of the molecule is C=C(C)NCCNc1nccc(B(O)O)c1COC(C)=O. The van der Waals surface area contributed by atoms with Crippen LogP contribution in [-0.2, 0) is 16.1 Å². The van der Waals surface area contributed by atoms with E-state index in [1.165, 1.54) is 19.2 Å². The number of carbonyl (C=O) groups excluding carboxylic acids is 1. The lowest BCUT2D eigenvalue weighted by atomic mass is 9.77. The van der Waals surface area contributed by atoms with Crippen LogP contribution in [0.3, 0.4) is 0 Å². The molecule has 114 valence electrons. The van der Waals surface area contributed by atoms with Crippen molar-refractivity contribution in [2.75, 3.05) is 18.4 Å². The second-order valence-corrected chi connectivity index (χ2v) is 4.52. The van der Waals surface area contributed by atoms with Crippen LogP contribution in [0, 0.1) is 0 Å². The summed E-state index contributed by atoms with van der Waals surface area (Å²) in [6.07, 6.45) is 1.46. The summed E-state index contributed by atoms with van der Waals surface area (Å²) >= 11 is 0. The monoisotopic (exact) mass is 293 g/mol. The summed E-state index contributed by atoms with van der Waals surface area (Å²) in [6.45, 7) is 7.98. The van der Waals surface area contributed by atoms with Gasteiger partial charge >= 0.3 is 13.1 Å². The summed E-state index contributed by atoms with van der Waals surface area (Å²) in [5, 5.41) is 24.9. The maximum atomic E-state index is 10.9. The van der Waals surface area contributed by atoms with E-state index in [1.54, 1.807) is 0 Å². The van der Waals surface area contributed by atoms with Gasteiger partial charge in [-0.2, -0.15) is 0 Å². The van der Waals surface area contributed by atoms with Gasteiger partial charge in [0.1, 0.15) is 12.4 Å². The molecule has 7 nitrogen and oxygen atoms in total. The summed E-state index contributed by atoms with van der Waals surface area (Å²) in [5.41, 5.74) is 1.55. The first-order valence-corrected chi connectivity index (χ1v) is 6.52. The molecule has 1 rings (SSSR count). The quantitative estimate of drug-likeness (QED) is 0.287. The van der Waals surface area contributed by atoms with E-state index in [4.69, 9.17) is 4.74 Å². The minimum Gasteiger partial charge on any atom is -0.461 e. The molecule has 0 atom stereocenters. The van der Waals surface area contributed by atoms with E-state index in [0.29, 0.717) is 24.5 Å². The lowest BCUT2D eigenvalue weighted by molar-refractivity contribution is -0.142. The fraction of sp³-hybridized carbons (Fsp3) is 0.385. The number of anilines is 1. The van der Waals surface area contributed by atoms with Crippen molar-refractivity contribution < 1.29 is 19.6 Å². The van der Waals surface area contributed by atoms with E-state index in [9.17, 15) is 14.8 Å². The number of esters is 1. The topological polar surface area (TPSA) is 104 Å². The predicted octanol–water partition coefficient (Wildman–Crippen LogP) is -0.640. The number of hydrogen-bond donors (Lipinski definition) is 4. The number of rotatable bonds is 8. The van der Waals surface area contributed by atoms with Crippen LogP contribution in [-0.4, -0.2) is 41.2 Å². The maximum Gasteiger partial charge on any atom is 0.489 e. The first-order chi connectivity index (χ1) is 9.91. The number of nitrogens with one attached hydrogen (secondary N) is 2. The molecular weight excluding hydrogens is 273 g/mol. The summed E-state index contributed by atoms with van der Waals surface area (Å²) in [6, 6.07) is 1.47. The third-order valence-electron chi connectivity index (χ3n) is 2.63. The van der Waals surface area contributed by atoms with E-state index < -0.39 is 13.1 Å². The standard InChI is InChI=1S/C13H20BN3O4/c1-9(2)15-6-7-17-13-11(8-21-10(3)18)12(14(19)20)4-5-16-13/h4-5,15,19-20H,1,6-8H2,2-3H3,(H,16,17). The fourth-order valence-electron chi connectivity index (χ4n) is 1.68. The average molecular weight is 293 g/mol. The molecule has 8 heteroatoms. The zero-order valence-corrected chi connectivity index (χ0v) is 12.2. The molecule has 21 heavy (non-hydrogen) atoms. The third-order valence-corrected chi connectivity index (χ3v) is 2.63. The maximum absolute atomic E-state index is 10.9. The molecular formula is C13H20BN3O4. The smallest absolute Gasteiger partial charge is 0.461 e. The van der Waals surface area contributed by atoms with E-state index in [2.05, 4.69) is 22.2 Å². The second-order valence-electron chi connectivity index (χ2n) is 4.52. The zero-order valence-electron chi connectivity index (χ0n) is 12.2. The highest BCUT2D eigenvalue weighted by atomic mass is 16.5. The summed E-state index contributed by atoms with van der Waals surface area (Å²) in [5.74, 6) is -0.00232. The summed E-state index contributed by atoms with van der Waals surface area (Å²) in [7, 11) is -1.66. The van der Waals surface area contributed by atoms with Gasteiger partial charge in [0.15, 0.2) is 0 Å². The van der Waals surface area contributed by atoms with Crippen LogP contribution in [0.5, 0.6) is 0 Å². The van der Waals surface area contributed by atoms with Crippen LogP contribution in [0.15, 0.2) is 24.5 Å². The molecule has 0 unspecified atom stereocenters. The van der Waals surface area contributed by atoms with E-state index in [0.717, 1.165) is 5.70 Å². The number of aromatic nitrogens is 1. The molecule has 0 aliphatic heterocycles. The minimum absolute atomic E-state index is 0.0770. The van der Waals surface area contributed by atoms with Crippen molar-refractivity contribution >= 4 is 24.4 Å². The molecule has 0 spiro atoms. The minimum atomic E-state index is -1.66. The average Bonchev–Trinajstić information content (AvgIpc) is 2.41. The van der Waals surface area contributed by atoms with Crippen LogP contribution in [0.1, 0.15) is 19.4 Å². The van der Waals surface area contributed by atoms with Crippen molar-refractivity contribution in [2.45, 2.75) is 20.5 Å². The molecule has 0 saturated carbocycles. The van der Waals surface area contributed by atoms with Gasteiger partial charge in [-0.15, -0.1) is 0 Å². The van der Waals surface area contributed by atoms with Gasteiger partial charge in [0.05, 0.1) is 0 Å². The normalized spacial score (nSPS) is 9.90. The Morgan fingerprint density at radius 1 is 1.43 bits per heavy atom. The van der Waals surface area contributed by atoms with E-state index in [1.807, 2.05) is 6.92 Å². The van der Waals surface area contributed by atoms with Gasteiger partial charge in [0.25, 0.3) is 0 Å². The Balaban J connectivity index is 2.82. The lowest BCUT2D eigenvalue weighted by Crippen LogP contribution is -2.35. The Bertz CT molecular complexity index is 508. The highest BCUT2D eigenvalue weighted by molar-refractivity contribution is 6.59. The van der Waals surface area contributed by atoms with Crippen LogP contribution in [0.4, 0.5) is 5.82 Å². The fourth-order valence-corrected chi connectivity index (χ4v) is 1.68. The van der Waals surface area contributed by atoms with Crippen molar-refractivity contribution in [3.8, 4) is 0 Å². The molecule has 0 aliphatic carbocycles. The van der Waals surface area contributed by atoms with Crippen LogP contribution in [0.2, 0.25) is 0 Å². The van der Waals surface area contributed by atoms with Gasteiger partial charge < -0.3 is 25.4 Å². The Morgan fingerprint density at radius 2 is 2.14 bits per heavy atom. The van der Waals surface area contributed by atoms with Crippen molar-refractivity contribution in [2.24, 2.45) is 0 Å². The van der Waals surface area contributed by atoms with Gasteiger partial charge in [-0.25, -0.2) is 4.98 Å². The third kappa shape index (κ3) is 5.84. The second kappa shape index (κ2) is 8.28. The molecule has 0 aromatic carbocycles. The Hall–Kier alpha value is -2.06. The molecule has 0 amide bonds. The number of hydrogen-bond acceptors (Lipinski definition) is 7. The van der Waals surface area contributed by atoms with Gasteiger partial charge in [-0.05, 0) is 18.5 Å². The molecule has 4 N–H and O–H groups in total. The molecule has 1 heterocycles. The molecule has 0 fully saturated rings. The molecule has 1 aromatic rings. The number of ether oxygens (including phenoxy) is 1. The molecule has 0 aliphatic rings. The molecule has 0 radical (unpaired) electrons. The Morgan fingerprint density at radius 3 is 2.71 bits per heavy atom. The van der Waals surface area contributed by atoms with Crippen molar-refractivity contribution in [1.29, 1.82) is 0 Å². The van der Waals surface area contributed by atoms with E-state index >= 15 is 0 Å². The largest absolute Gasteiger partial charge is 0.489 e. The lowest BCUT2D eigenvalue weighted by Gasteiger charge is -2.15. The van der Waals surface area contributed by atoms with Gasteiger partial charge in [-0.1, -0.05) is 6.58 Å². The first kappa shape index (κ1) is 17.0. The molecule has 0 bridgehead atoms. The molecule has 0 saturated heterocycles. The van der Waals surface area contributed by atoms with Gasteiger partial charge in [0.2, 0.25) is 0 Å². The zero-order chi connectivity index (χ0) is 15.8. The van der Waals surface area contributed by atoms with E-state index in [-0.39, 0.29) is 12.1 Å². The molecule has 1 aromatic heterocycles. The Labute approximate surface area is 124 Å². The van der Waals surface area contributed by atoms with Crippen molar-refractivity contribution in [3.05, 3.63) is 30.1 Å². The van der Waals surface area contributed by atoms with Gasteiger partial charge in [-0.3, -0.25) is 4.79 Å². The number of allylic oxidation sites excluding steroid dienone is 1. The summed E-state index contributed by atoms with van der Waals surface area (Å²) in [4.78, 5) is 15.1. The van der Waals surface area contributed by atoms with Crippen molar-refractivity contribution in [1.82, 2.24) is 10.3 Å². The van der Waals surface area contributed by atoms with Gasteiger partial charge in [0, 0.05) is 37.5 Å². The van der Waals surface area contributed by atoms with Crippen LogP contribution >= 0.6 is 0 Å². The summed E-state index contributed by atoms with van der Waals surface area (Å²) < 4.78 is 4.93. The highest BCUT2D eigenvalue weighted by Crippen LogP contribution is 2.11. The highest BCUT2D eigenvalue weighted by Gasteiger charge is 2.20. The predicted molar refractivity (Wildman–Crippen MR) is 80.8 cm³/mol. The van der Waals surface area contributed by atoms with Crippen LogP contribution < -0.4 is 16.1 Å². The first-order valence-electron chi connectivity index (χ1n) is 6.52. The number of carbonyl (C=O) groups is 1. The Kier molecular flexibility index (Phi) is 6.70. The number of nitrogens with zero attached hydrogens (tertiary/aromatic N) is 1. The van der Waals surface area contributed by atoms with Crippen molar-refractivity contribution in [3.63, 3.8) is 0 Å². The number of pyridine rings is 1. The van der Waals surface area contributed by atoms with Crippen LogP contribution in [0.25, 0.3) is 0 Å².